The van der Waals surface area contributed by atoms with Crippen molar-refractivity contribution in [2.24, 2.45) is 0 Å². The molecule has 0 N–H and O–H groups in total. The van der Waals surface area contributed by atoms with Gasteiger partial charge in [-0.1, -0.05) is 47.0 Å². The quantitative estimate of drug-likeness (QED) is 0.736. The molecule has 19 heavy (non-hydrogen) atoms. The lowest BCUT2D eigenvalue weighted by molar-refractivity contribution is 0.0982. The van der Waals surface area contributed by atoms with Crippen LogP contribution in [0.1, 0.15) is 39.0 Å². The molecular formula is C18H20O. The Morgan fingerprint density at radius 2 is 1.58 bits per heavy atom. The molecule has 0 aliphatic rings. The first-order valence-corrected chi connectivity index (χ1v) is 6.71. The second kappa shape index (κ2) is 5.83. The highest BCUT2D eigenvalue weighted by Gasteiger charge is 2.07. The molecule has 0 saturated heterocycles. The first-order valence-electron chi connectivity index (χ1n) is 6.71. The molecular weight excluding hydrogens is 232 g/mol. The van der Waals surface area contributed by atoms with Gasteiger partial charge in [-0.25, -0.2) is 0 Å². The van der Waals surface area contributed by atoms with E-state index in [2.05, 4.69) is 31.2 Å². The number of benzene rings is 2. The maximum absolute atomic E-state index is 12.2. The summed E-state index contributed by atoms with van der Waals surface area (Å²) in [6.07, 6.45) is 1.39. The van der Waals surface area contributed by atoms with E-state index in [-0.39, 0.29) is 5.78 Å². The fourth-order valence-corrected chi connectivity index (χ4v) is 2.41. The van der Waals surface area contributed by atoms with Gasteiger partial charge >= 0.3 is 0 Å². The predicted molar refractivity (Wildman–Crippen MR) is 79.7 cm³/mol. The van der Waals surface area contributed by atoms with E-state index in [1.807, 2.05) is 32.0 Å². The highest BCUT2D eigenvalue weighted by Crippen LogP contribution is 2.13. The van der Waals surface area contributed by atoms with Gasteiger partial charge in [0.2, 0.25) is 0 Å². The lowest BCUT2D eigenvalue weighted by Crippen LogP contribution is -2.02. The van der Waals surface area contributed by atoms with Crippen LogP contribution in [0.15, 0.2) is 42.5 Å². The lowest BCUT2D eigenvalue weighted by atomic mass is 9.99. The first kappa shape index (κ1) is 13.5. The van der Waals surface area contributed by atoms with Gasteiger partial charge in [-0.15, -0.1) is 0 Å². The summed E-state index contributed by atoms with van der Waals surface area (Å²) < 4.78 is 0. The molecule has 2 rings (SSSR count). The third-order valence-electron chi connectivity index (χ3n) is 3.27. The molecule has 0 radical (unpaired) electrons. The van der Waals surface area contributed by atoms with E-state index in [4.69, 9.17) is 0 Å². The van der Waals surface area contributed by atoms with Crippen LogP contribution in [0.2, 0.25) is 0 Å². The molecule has 0 aliphatic heterocycles. The van der Waals surface area contributed by atoms with Crippen molar-refractivity contribution >= 4 is 5.78 Å². The third kappa shape index (κ3) is 3.78. The van der Waals surface area contributed by atoms with E-state index in [1.54, 1.807) is 0 Å². The molecule has 0 heterocycles. The SMILES string of the molecule is Cc1cccc(CCC(=O)c2cc(C)cc(C)c2)c1. The van der Waals surface area contributed by atoms with E-state index in [9.17, 15) is 4.79 Å². The second-order valence-corrected chi connectivity index (χ2v) is 5.29. The fraction of sp³-hybridized carbons (Fsp3) is 0.278. The van der Waals surface area contributed by atoms with Crippen LogP contribution in [0.4, 0.5) is 0 Å². The molecule has 2 aromatic carbocycles. The number of hydrogen-bond acceptors (Lipinski definition) is 1. The molecule has 0 fully saturated rings. The Labute approximate surface area is 115 Å². The van der Waals surface area contributed by atoms with Gasteiger partial charge in [0, 0.05) is 12.0 Å². The topological polar surface area (TPSA) is 17.1 Å². The van der Waals surface area contributed by atoms with Crippen molar-refractivity contribution in [1.82, 2.24) is 0 Å². The Morgan fingerprint density at radius 1 is 0.895 bits per heavy atom. The van der Waals surface area contributed by atoms with Gasteiger partial charge in [0.25, 0.3) is 0 Å². The van der Waals surface area contributed by atoms with Crippen LogP contribution in [0.25, 0.3) is 0 Å². The second-order valence-electron chi connectivity index (χ2n) is 5.29. The van der Waals surface area contributed by atoms with Gasteiger partial charge < -0.3 is 0 Å². The summed E-state index contributed by atoms with van der Waals surface area (Å²) >= 11 is 0. The van der Waals surface area contributed by atoms with E-state index >= 15 is 0 Å². The lowest BCUT2D eigenvalue weighted by Gasteiger charge is -2.05. The molecule has 0 unspecified atom stereocenters. The molecule has 0 aromatic heterocycles. The summed E-state index contributed by atoms with van der Waals surface area (Å²) in [5, 5.41) is 0. The fourth-order valence-electron chi connectivity index (χ4n) is 2.41. The van der Waals surface area contributed by atoms with Crippen LogP contribution < -0.4 is 0 Å². The summed E-state index contributed by atoms with van der Waals surface area (Å²) in [6, 6.07) is 14.4. The molecule has 2 aromatic rings. The molecule has 0 amide bonds. The number of hydrogen-bond donors (Lipinski definition) is 0. The van der Waals surface area contributed by atoms with E-state index in [0.717, 1.165) is 23.1 Å². The number of rotatable bonds is 4. The summed E-state index contributed by atoms with van der Waals surface area (Å²) in [5.74, 6) is 0.230. The standard InChI is InChI=1S/C18H20O/c1-13-5-4-6-16(10-13)7-8-18(19)17-11-14(2)9-15(3)12-17/h4-6,9-12H,7-8H2,1-3H3. The molecule has 0 bridgehead atoms. The minimum Gasteiger partial charge on any atom is -0.294 e. The van der Waals surface area contributed by atoms with E-state index in [1.165, 1.54) is 11.1 Å². The molecule has 98 valence electrons. The van der Waals surface area contributed by atoms with Gasteiger partial charge in [0.15, 0.2) is 5.78 Å². The smallest absolute Gasteiger partial charge is 0.163 e. The van der Waals surface area contributed by atoms with Crippen molar-refractivity contribution in [3.63, 3.8) is 0 Å². The Hall–Kier alpha value is -1.89. The van der Waals surface area contributed by atoms with Crippen molar-refractivity contribution in [1.29, 1.82) is 0 Å². The third-order valence-corrected chi connectivity index (χ3v) is 3.27. The normalized spacial score (nSPS) is 10.5. The average Bonchev–Trinajstić information content (AvgIpc) is 2.35. The van der Waals surface area contributed by atoms with Crippen LogP contribution in [0, 0.1) is 20.8 Å². The average molecular weight is 252 g/mol. The molecule has 0 aliphatic carbocycles. The first-order chi connectivity index (χ1) is 9.04. The van der Waals surface area contributed by atoms with Crippen LogP contribution in [-0.4, -0.2) is 5.78 Å². The zero-order valence-electron chi connectivity index (χ0n) is 11.9. The van der Waals surface area contributed by atoms with E-state index in [0.29, 0.717) is 6.42 Å². The number of carbonyl (C=O) groups is 1. The van der Waals surface area contributed by atoms with Crippen LogP contribution >= 0.6 is 0 Å². The summed E-state index contributed by atoms with van der Waals surface area (Å²) in [7, 11) is 0. The Kier molecular flexibility index (Phi) is 4.16. The van der Waals surface area contributed by atoms with Gasteiger partial charge in [-0.3, -0.25) is 4.79 Å². The maximum atomic E-state index is 12.2. The van der Waals surface area contributed by atoms with Gasteiger partial charge in [-0.2, -0.15) is 0 Å². The van der Waals surface area contributed by atoms with Crippen molar-refractivity contribution in [2.45, 2.75) is 33.6 Å². The largest absolute Gasteiger partial charge is 0.294 e. The van der Waals surface area contributed by atoms with Crippen molar-refractivity contribution < 1.29 is 4.79 Å². The van der Waals surface area contributed by atoms with Crippen molar-refractivity contribution in [3.8, 4) is 0 Å². The highest BCUT2D eigenvalue weighted by atomic mass is 16.1. The minimum atomic E-state index is 0.230. The molecule has 1 nitrogen and oxygen atoms in total. The summed E-state index contributed by atoms with van der Waals surface area (Å²) in [6.45, 7) is 6.14. The monoisotopic (exact) mass is 252 g/mol. The number of aryl methyl sites for hydroxylation is 4. The van der Waals surface area contributed by atoms with Gasteiger partial charge in [0.1, 0.15) is 0 Å². The molecule has 0 spiro atoms. The maximum Gasteiger partial charge on any atom is 0.163 e. The van der Waals surface area contributed by atoms with Gasteiger partial charge in [-0.05, 0) is 44.9 Å². The van der Waals surface area contributed by atoms with Crippen molar-refractivity contribution in [2.75, 3.05) is 0 Å². The van der Waals surface area contributed by atoms with Crippen LogP contribution in [0.5, 0.6) is 0 Å². The molecule has 1 heteroatoms. The van der Waals surface area contributed by atoms with Gasteiger partial charge in [0.05, 0.1) is 0 Å². The molecule has 0 atom stereocenters. The zero-order chi connectivity index (χ0) is 13.8. The summed E-state index contributed by atoms with van der Waals surface area (Å²) in [5.41, 5.74) is 5.62. The molecule has 0 saturated carbocycles. The number of Topliss-reactive ketones (excluding diaryl/α,β-unsaturated/α-hetero) is 1. The Bertz CT molecular complexity index is 576. The van der Waals surface area contributed by atoms with Crippen LogP contribution in [-0.2, 0) is 6.42 Å². The Balaban J connectivity index is 2.05. The number of ketones is 1. The minimum absolute atomic E-state index is 0.230. The van der Waals surface area contributed by atoms with Crippen molar-refractivity contribution in [3.05, 3.63) is 70.3 Å². The summed E-state index contributed by atoms with van der Waals surface area (Å²) in [4.78, 5) is 12.2. The van der Waals surface area contributed by atoms with E-state index < -0.39 is 0 Å². The number of carbonyl (C=O) groups excluding carboxylic acids is 1. The van der Waals surface area contributed by atoms with Crippen LogP contribution in [0.3, 0.4) is 0 Å². The zero-order valence-corrected chi connectivity index (χ0v) is 11.9. The Morgan fingerprint density at radius 3 is 2.21 bits per heavy atom. The highest BCUT2D eigenvalue weighted by molar-refractivity contribution is 5.96. The predicted octanol–water partition coefficient (Wildman–Crippen LogP) is 4.43.